The normalized spacial score (nSPS) is 11.4. The minimum atomic E-state index is -4.18. The van der Waals surface area contributed by atoms with Crippen molar-refractivity contribution in [2.75, 3.05) is 25.5 Å². The fourth-order valence-electron chi connectivity index (χ4n) is 3.87. The number of nitrogens with one attached hydrogen (secondary N) is 1. The molecule has 4 rings (SSSR count). The molecule has 3 aromatic carbocycles. The summed E-state index contributed by atoms with van der Waals surface area (Å²) in [6.45, 7) is 2.37. The van der Waals surface area contributed by atoms with Crippen LogP contribution in [0.1, 0.15) is 13.3 Å². The van der Waals surface area contributed by atoms with Crippen molar-refractivity contribution >= 4 is 26.7 Å². The Kier molecular flexibility index (Phi) is 7.53. The van der Waals surface area contributed by atoms with Crippen molar-refractivity contribution in [3.63, 3.8) is 0 Å². The Morgan fingerprint density at radius 3 is 2.21 bits per heavy atom. The van der Waals surface area contributed by atoms with E-state index in [2.05, 4.69) is 4.72 Å². The molecule has 0 aliphatic carbocycles. The second-order valence-corrected chi connectivity index (χ2v) is 10.1. The third kappa shape index (κ3) is 5.12. The maximum Gasteiger partial charge on any atom is 0.328 e. The first kappa shape index (κ1) is 26.9. The van der Waals surface area contributed by atoms with Gasteiger partial charge in [0.15, 0.2) is 28.8 Å². The highest BCUT2D eigenvalue weighted by atomic mass is 32.2. The van der Waals surface area contributed by atoms with Gasteiger partial charge in [0.25, 0.3) is 10.0 Å². The van der Waals surface area contributed by atoms with Gasteiger partial charge in [-0.15, -0.1) is 0 Å². The Balaban J connectivity index is 1.83. The summed E-state index contributed by atoms with van der Waals surface area (Å²) in [6, 6.07) is 11.1. The van der Waals surface area contributed by atoms with Gasteiger partial charge in [0, 0.05) is 32.3 Å². The first-order valence-electron chi connectivity index (χ1n) is 11.6. The Labute approximate surface area is 219 Å². The summed E-state index contributed by atoms with van der Waals surface area (Å²) in [4.78, 5) is 12.4. The molecule has 10 nitrogen and oxygen atoms in total. The molecule has 0 aliphatic rings. The van der Waals surface area contributed by atoms with Crippen LogP contribution < -0.4 is 29.4 Å². The van der Waals surface area contributed by atoms with E-state index in [1.54, 1.807) is 14.1 Å². The van der Waals surface area contributed by atoms with Gasteiger partial charge in [-0.1, -0.05) is 6.92 Å². The molecule has 1 heterocycles. The van der Waals surface area contributed by atoms with Crippen LogP contribution in [-0.2, 0) is 24.1 Å². The summed E-state index contributed by atoms with van der Waals surface area (Å²) in [5, 5.41) is 0. The van der Waals surface area contributed by atoms with Crippen molar-refractivity contribution < 1.29 is 31.8 Å². The number of nitrogens with zero attached hydrogens (tertiary/aromatic N) is 2. The van der Waals surface area contributed by atoms with E-state index >= 15 is 0 Å². The Morgan fingerprint density at radius 2 is 1.55 bits per heavy atom. The molecule has 38 heavy (non-hydrogen) atoms. The fourth-order valence-corrected chi connectivity index (χ4v) is 4.94. The van der Waals surface area contributed by atoms with E-state index in [1.165, 1.54) is 71.9 Å². The van der Waals surface area contributed by atoms with Crippen LogP contribution in [0.15, 0.2) is 58.2 Å². The summed E-state index contributed by atoms with van der Waals surface area (Å²) < 4.78 is 68.6. The van der Waals surface area contributed by atoms with E-state index in [1.807, 2.05) is 6.92 Å². The maximum atomic E-state index is 14.7. The third-order valence-corrected chi connectivity index (χ3v) is 7.24. The zero-order valence-electron chi connectivity index (χ0n) is 21.6. The van der Waals surface area contributed by atoms with Crippen molar-refractivity contribution in [3.8, 4) is 28.7 Å². The Bertz CT molecular complexity index is 1660. The predicted molar refractivity (Wildman–Crippen MR) is 141 cm³/mol. The van der Waals surface area contributed by atoms with Gasteiger partial charge in [-0.05, 0) is 36.8 Å². The highest BCUT2D eigenvalue weighted by Gasteiger charge is 2.22. The summed E-state index contributed by atoms with van der Waals surface area (Å²) in [6.07, 6.45) is 0.758. The van der Waals surface area contributed by atoms with Crippen LogP contribution in [0.5, 0.6) is 28.7 Å². The molecule has 0 aliphatic heterocycles. The van der Waals surface area contributed by atoms with E-state index in [0.29, 0.717) is 29.1 Å². The van der Waals surface area contributed by atoms with Gasteiger partial charge in [-0.3, -0.25) is 13.9 Å². The number of methoxy groups -OCH3 is 2. The van der Waals surface area contributed by atoms with Crippen molar-refractivity contribution in [3.05, 3.63) is 64.8 Å². The standard InChI is InChI=1S/C26H28FN3O7S/c1-6-11-36-16-7-9-18(27)23(12-16)37-24-15-21-20(29(2)26(31)30(21)3)14-19(24)28-38(32,33)17-8-10-22(34-4)25(13-17)35-5/h7-10,12-15,28H,6,11H2,1-5H3. The molecule has 0 atom stereocenters. The average Bonchev–Trinajstić information content (AvgIpc) is 3.11. The predicted octanol–water partition coefficient (Wildman–Crippen LogP) is 4.42. The third-order valence-electron chi connectivity index (χ3n) is 5.88. The average molecular weight is 546 g/mol. The molecule has 0 amide bonds. The number of aromatic nitrogens is 2. The molecule has 0 spiro atoms. The molecule has 0 unspecified atom stereocenters. The van der Waals surface area contributed by atoms with Gasteiger partial charge >= 0.3 is 5.69 Å². The van der Waals surface area contributed by atoms with Gasteiger partial charge in [-0.2, -0.15) is 0 Å². The van der Waals surface area contributed by atoms with Crippen molar-refractivity contribution in [1.29, 1.82) is 0 Å². The number of halogens is 1. The van der Waals surface area contributed by atoms with Gasteiger partial charge in [-0.25, -0.2) is 17.6 Å². The molecule has 1 aromatic heterocycles. The molecule has 0 saturated heterocycles. The van der Waals surface area contributed by atoms with Crippen LogP contribution in [-0.4, -0.2) is 38.4 Å². The fraction of sp³-hybridized carbons (Fsp3) is 0.269. The highest BCUT2D eigenvalue weighted by molar-refractivity contribution is 7.92. The molecule has 12 heteroatoms. The monoisotopic (exact) mass is 545 g/mol. The Hall–Kier alpha value is -4.19. The summed E-state index contributed by atoms with van der Waals surface area (Å²) in [5.74, 6) is 0.101. The SMILES string of the molecule is CCCOc1ccc(F)c(Oc2cc3c(cc2NS(=O)(=O)c2ccc(OC)c(OC)c2)n(C)c(=O)n3C)c1. The van der Waals surface area contributed by atoms with Crippen LogP contribution in [0.25, 0.3) is 11.0 Å². The molecule has 0 radical (unpaired) electrons. The number of hydrogen-bond donors (Lipinski definition) is 1. The maximum absolute atomic E-state index is 14.7. The van der Waals surface area contributed by atoms with Gasteiger partial charge in [0.05, 0.1) is 42.4 Å². The summed E-state index contributed by atoms with van der Waals surface area (Å²) in [7, 11) is 1.79. The number of anilines is 1. The molecule has 202 valence electrons. The molecular formula is C26H28FN3O7S. The molecule has 1 N–H and O–H groups in total. The number of rotatable bonds is 10. The van der Waals surface area contributed by atoms with Crippen LogP contribution in [0.4, 0.5) is 10.1 Å². The zero-order chi connectivity index (χ0) is 27.6. The van der Waals surface area contributed by atoms with E-state index in [9.17, 15) is 17.6 Å². The number of ether oxygens (including phenoxy) is 4. The molecule has 0 saturated carbocycles. The summed E-state index contributed by atoms with van der Waals surface area (Å²) >= 11 is 0. The highest BCUT2D eigenvalue weighted by Crippen LogP contribution is 2.38. The van der Waals surface area contributed by atoms with Crippen LogP contribution >= 0.6 is 0 Å². The largest absolute Gasteiger partial charge is 0.493 e. The van der Waals surface area contributed by atoms with E-state index in [-0.39, 0.29) is 33.5 Å². The number of aryl methyl sites for hydroxylation is 2. The minimum absolute atomic E-state index is 0.00670. The first-order chi connectivity index (χ1) is 18.1. The minimum Gasteiger partial charge on any atom is -0.493 e. The van der Waals surface area contributed by atoms with Crippen LogP contribution in [0, 0.1) is 5.82 Å². The van der Waals surface area contributed by atoms with Crippen LogP contribution in [0.3, 0.4) is 0 Å². The summed E-state index contributed by atoms with van der Waals surface area (Å²) in [5.41, 5.74) is 0.565. The number of benzene rings is 3. The molecule has 4 aromatic rings. The van der Waals surface area contributed by atoms with Gasteiger partial charge in [0.2, 0.25) is 0 Å². The smallest absolute Gasteiger partial charge is 0.328 e. The molecule has 0 fully saturated rings. The quantitative estimate of drug-likeness (QED) is 0.314. The Morgan fingerprint density at radius 1 is 0.868 bits per heavy atom. The topological polar surface area (TPSA) is 110 Å². The molecule has 0 bridgehead atoms. The number of fused-ring (bicyclic) bond motifs is 1. The second kappa shape index (κ2) is 10.7. The van der Waals surface area contributed by atoms with Crippen LogP contribution in [0.2, 0.25) is 0 Å². The first-order valence-corrected chi connectivity index (χ1v) is 13.1. The number of imidazole rings is 1. The van der Waals surface area contributed by atoms with E-state index < -0.39 is 15.8 Å². The lowest BCUT2D eigenvalue weighted by atomic mass is 10.2. The van der Waals surface area contributed by atoms with Crippen molar-refractivity contribution in [1.82, 2.24) is 9.13 Å². The van der Waals surface area contributed by atoms with Gasteiger partial charge < -0.3 is 18.9 Å². The lowest BCUT2D eigenvalue weighted by molar-refractivity contribution is 0.314. The number of hydrogen-bond acceptors (Lipinski definition) is 7. The second-order valence-electron chi connectivity index (χ2n) is 8.40. The molecular weight excluding hydrogens is 517 g/mol. The zero-order valence-corrected chi connectivity index (χ0v) is 22.4. The lowest BCUT2D eigenvalue weighted by Gasteiger charge is -2.16. The van der Waals surface area contributed by atoms with E-state index in [0.717, 1.165) is 6.42 Å². The van der Waals surface area contributed by atoms with Crippen molar-refractivity contribution in [2.45, 2.75) is 18.2 Å². The number of sulfonamides is 1. The van der Waals surface area contributed by atoms with Gasteiger partial charge in [0.1, 0.15) is 5.75 Å². The lowest BCUT2D eigenvalue weighted by Crippen LogP contribution is -2.19. The van der Waals surface area contributed by atoms with Crippen molar-refractivity contribution in [2.24, 2.45) is 14.1 Å². The van der Waals surface area contributed by atoms with E-state index in [4.69, 9.17) is 18.9 Å².